The predicted molar refractivity (Wildman–Crippen MR) is 91.2 cm³/mol. The maximum Gasteiger partial charge on any atom is 0.0933 e. The summed E-state index contributed by atoms with van der Waals surface area (Å²) in [5.74, 6) is 0.152. The van der Waals surface area contributed by atoms with Crippen LogP contribution in [0.2, 0.25) is 0 Å². The lowest BCUT2D eigenvalue weighted by molar-refractivity contribution is -0.155. The first-order valence-corrected chi connectivity index (χ1v) is 9.59. The highest BCUT2D eigenvalue weighted by atomic mass is 16.3. The molecule has 4 nitrogen and oxygen atoms in total. The van der Waals surface area contributed by atoms with E-state index >= 15 is 0 Å². The lowest BCUT2D eigenvalue weighted by Crippen LogP contribution is -2.57. The number of hydrogen-bond donors (Lipinski definition) is 4. The quantitative estimate of drug-likeness (QED) is 0.582. The molecule has 1 spiro atoms. The highest BCUT2D eigenvalue weighted by Gasteiger charge is 2.69. The van der Waals surface area contributed by atoms with Crippen LogP contribution in [0.15, 0.2) is 11.6 Å². The van der Waals surface area contributed by atoms with Crippen molar-refractivity contribution in [2.24, 2.45) is 28.1 Å². The number of allylic oxidation sites excluding steroid dienone is 1. The molecule has 2 bridgehead atoms. The van der Waals surface area contributed by atoms with Gasteiger partial charge in [0.2, 0.25) is 0 Å². The summed E-state index contributed by atoms with van der Waals surface area (Å²) >= 11 is 0. The Hall–Kier alpha value is -0.420. The smallest absolute Gasteiger partial charge is 0.0933 e. The van der Waals surface area contributed by atoms with Gasteiger partial charge in [-0.2, -0.15) is 0 Å². The summed E-state index contributed by atoms with van der Waals surface area (Å²) in [7, 11) is 0. The second-order valence-corrected chi connectivity index (χ2v) is 9.63. The van der Waals surface area contributed by atoms with Crippen molar-refractivity contribution in [3.63, 3.8) is 0 Å². The molecule has 0 radical (unpaired) electrons. The molecule has 0 heterocycles. The van der Waals surface area contributed by atoms with E-state index in [1.165, 1.54) is 0 Å². The van der Waals surface area contributed by atoms with E-state index in [4.69, 9.17) is 0 Å². The zero-order valence-corrected chi connectivity index (χ0v) is 15.0. The normalized spacial score (nSPS) is 56.4. The van der Waals surface area contributed by atoms with Crippen LogP contribution in [0.25, 0.3) is 0 Å². The largest absolute Gasteiger partial charge is 0.396 e. The number of aliphatic hydroxyl groups is 4. The van der Waals surface area contributed by atoms with Crippen molar-refractivity contribution in [1.29, 1.82) is 0 Å². The second-order valence-electron chi connectivity index (χ2n) is 9.63. The number of rotatable bonds is 2. The van der Waals surface area contributed by atoms with Gasteiger partial charge >= 0.3 is 0 Å². The Bertz CT molecular complexity index is 574. The van der Waals surface area contributed by atoms with Crippen LogP contribution in [0, 0.1) is 28.1 Å². The number of fused-ring (bicyclic) bond motifs is 2. The Morgan fingerprint density at radius 1 is 1.08 bits per heavy atom. The number of hydrogen-bond acceptors (Lipinski definition) is 4. The standard InChI is InChI=1S/C20H32O4/c1-17(11-21)6-3-7-18(2)15(17)5-4-13-16(23)14-10-19(13,18)8-9-20(14,24)12-22/h4,14-16,21-24H,3,5-12H2,1-2H3/t14-,15-,16-,17-,18-,19-,20-/m0/s1. The van der Waals surface area contributed by atoms with Gasteiger partial charge in [0.15, 0.2) is 0 Å². The van der Waals surface area contributed by atoms with Crippen LogP contribution in [-0.4, -0.2) is 45.3 Å². The molecule has 24 heavy (non-hydrogen) atoms. The van der Waals surface area contributed by atoms with E-state index in [0.29, 0.717) is 12.3 Å². The summed E-state index contributed by atoms with van der Waals surface area (Å²) in [6.45, 7) is 4.54. The fraction of sp³-hybridized carbons (Fsp3) is 0.900. The van der Waals surface area contributed by atoms with E-state index in [-0.39, 0.29) is 35.4 Å². The summed E-state index contributed by atoms with van der Waals surface area (Å²) in [5, 5.41) is 41.6. The van der Waals surface area contributed by atoms with Crippen molar-refractivity contribution >= 4 is 0 Å². The minimum absolute atomic E-state index is 0.0549. The van der Waals surface area contributed by atoms with Crippen molar-refractivity contribution in [3.05, 3.63) is 11.6 Å². The van der Waals surface area contributed by atoms with Gasteiger partial charge in [-0.05, 0) is 60.8 Å². The second kappa shape index (κ2) is 5.06. The van der Waals surface area contributed by atoms with E-state index in [1.807, 2.05) is 0 Å². The SMILES string of the molecule is C[C@@]1(CO)CCC[C@@]2(C)[C@H]1CC=C1[C@H](O)[C@@H]3C[C@@]12CC[C@]3(O)CO. The molecule has 4 aliphatic carbocycles. The van der Waals surface area contributed by atoms with Crippen molar-refractivity contribution in [2.75, 3.05) is 13.2 Å². The zero-order valence-electron chi connectivity index (χ0n) is 15.0. The Balaban J connectivity index is 1.82. The minimum atomic E-state index is -1.15. The molecule has 0 amide bonds. The van der Waals surface area contributed by atoms with Gasteiger partial charge in [0.25, 0.3) is 0 Å². The zero-order chi connectivity index (χ0) is 17.4. The summed E-state index contributed by atoms with van der Waals surface area (Å²) in [6, 6.07) is 0. The highest BCUT2D eigenvalue weighted by Crippen LogP contribution is 2.73. The average molecular weight is 336 g/mol. The Kier molecular flexibility index (Phi) is 3.59. The predicted octanol–water partition coefficient (Wildman–Crippen LogP) is 2.01. The first-order valence-electron chi connectivity index (χ1n) is 9.59. The topological polar surface area (TPSA) is 80.9 Å². The molecule has 0 aromatic carbocycles. The van der Waals surface area contributed by atoms with E-state index in [1.54, 1.807) is 0 Å². The summed E-state index contributed by atoms with van der Waals surface area (Å²) < 4.78 is 0. The van der Waals surface area contributed by atoms with Gasteiger partial charge in [0, 0.05) is 17.9 Å². The molecule has 0 aliphatic heterocycles. The number of aliphatic hydroxyl groups excluding tert-OH is 3. The van der Waals surface area contributed by atoms with Gasteiger partial charge in [-0.15, -0.1) is 0 Å². The van der Waals surface area contributed by atoms with Crippen LogP contribution in [0.1, 0.15) is 58.8 Å². The van der Waals surface area contributed by atoms with E-state index in [0.717, 1.165) is 44.1 Å². The van der Waals surface area contributed by atoms with E-state index < -0.39 is 11.7 Å². The van der Waals surface area contributed by atoms with Gasteiger partial charge < -0.3 is 20.4 Å². The first-order chi connectivity index (χ1) is 11.3. The average Bonchev–Trinajstić information content (AvgIpc) is 2.84. The molecule has 4 heteroatoms. The maximum absolute atomic E-state index is 11.0. The Labute approximate surface area is 144 Å². The monoisotopic (exact) mass is 336 g/mol. The fourth-order valence-electron chi connectivity index (χ4n) is 7.34. The summed E-state index contributed by atoms with van der Waals surface area (Å²) in [5.41, 5.74) is -0.100. The van der Waals surface area contributed by atoms with Crippen LogP contribution in [0.3, 0.4) is 0 Å². The molecular weight excluding hydrogens is 304 g/mol. The minimum Gasteiger partial charge on any atom is -0.396 e. The third-order valence-electron chi connectivity index (χ3n) is 8.85. The van der Waals surface area contributed by atoms with Gasteiger partial charge in [-0.25, -0.2) is 0 Å². The molecule has 3 saturated carbocycles. The van der Waals surface area contributed by atoms with Gasteiger partial charge in [0.05, 0.1) is 18.3 Å². The van der Waals surface area contributed by atoms with Crippen molar-refractivity contribution in [3.8, 4) is 0 Å². The van der Waals surface area contributed by atoms with Crippen molar-refractivity contribution in [1.82, 2.24) is 0 Å². The Morgan fingerprint density at radius 3 is 2.50 bits per heavy atom. The molecule has 0 aromatic heterocycles. The van der Waals surface area contributed by atoms with Gasteiger partial charge in [-0.1, -0.05) is 26.3 Å². The summed E-state index contributed by atoms with van der Waals surface area (Å²) in [6.07, 6.45) is 7.96. The molecule has 4 N–H and O–H groups in total. The van der Waals surface area contributed by atoms with Crippen LogP contribution >= 0.6 is 0 Å². The van der Waals surface area contributed by atoms with E-state index in [2.05, 4.69) is 19.9 Å². The lowest BCUT2D eigenvalue weighted by Gasteiger charge is -2.63. The van der Waals surface area contributed by atoms with Crippen LogP contribution in [0.5, 0.6) is 0 Å². The molecule has 4 aliphatic rings. The Morgan fingerprint density at radius 2 is 1.83 bits per heavy atom. The molecule has 0 unspecified atom stereocenters. The maximum atomic E-state index is 11.0. The van der Waals surface area contributed by atoms with Crippen LogP contribution < -0.4 is 0 Å². The molecular formula is C20H32O4. The third kappa shape index (κ3) is 1.78. The molecule has 0 aromatic rings. The molecule has 3 fully saturated rings. The van der Waals surface area contributed by atoms with Crippen molar-refractivity contribution < 1.29 is 20.4 Å². The molecule has 4 rings (SSSR count). The highest BCUT2D eigenvalue weighted by molar-refractivity contribution is 5.37. The van der Waals surface area contributed by atoms with Gasteiger partial charge in [0.1, 0.15) is 0 Å². The van der Waals surface area contributed by atoms with Crippen LogP contribution in [0.4, 0.5) is 0 Å². The molecule has 0 saturated heterocycles. The lowest BCUT2D eigenvalue weighted by atomic mass is 9.41. The molecule has 7 atom stereocenters. The fourth-order valence-corrected chi connectivity index (χ4v) is 7.34. The first kappa shape index (κ1) is 17.0. The van der Waals surface area contributed by atoms with Gasteiger partial charge in [-0.3, -0.25) is 0 Å². The van der Waals surface area contributed by atoms with Crippen molar-refractivity contribution in [2.45, 2.75) is 70.5 Å². The summed E-state index contributed by atoms with van der Waals surface area (Å²) in [4.78, 5) is 0. The van der Waals surface area contributed by atoms with Crippen LogP contribution in [-0.2, 0) is 0 Å². The van der Waals surface area contributed by atoms with E-state index in [9.17, 15) is 20.4 Å². The molecule has 136 valence electrons. The third-order valence-corrected chi connectivity index (χ3v) is 8.85.